The summed E-state index contributed by atoms with van der Waals surface area (Å²) in [7, 11) is 0. The van der Waals surface area contributed by atoms with E-state index in [-0.39, 0.29) is 0 Å². The summed E-state index contributed by atoms with van der Waals surface area (Å²) in [5.74, 6) is -10.5. The molecule has 0 saturated heterocycles. The molecular weight excluding hydrogens is 265 g/mol. The number of halogens is 7. The van der Waals surface area contributed by atoms with E-state index < -0.39 is 36.4 Å². The molecule has 0 saturated carbocycles. The first-order valence-corrected chi connectivity index (χ1v) is 3.72. The molecule has 0 atom stereocenters. The molecule has 17 heavy (non-hydrogen) atoms. The monoisotopic (exact) mass is 270 g/mol. The van der Waals surface area contributed by atoms with Gasteiger partial charge >= 0.3 is 24.1 Å². The zero-order valence-electron chi connectivity index (χ0n) is 7.82. The minimum absolute atomic E-state index is 1.92. The Labute approximate surface area is 89.5 Å². The number of carbonyl (C=O) groups is 1. The van der Waals surface area contributed by atoms with E-state index in [4.69, 9.17) is 5.11 Å². The normalized spacial score (nSPS) is 13.6. The van der Waals surface area contributed by atoms with Crippen molar-refractivity contribution < 1.29 is 45.4 Å². The lowest BCUT2D eigenvalue weighted by Crippen LogP contribution is -2.48. The summed E-state index contributed by atoms with van der Waals surface area (Å²) >= 11 is 0. The van der Waals surface area contributed by atoms with Crippen LogP contribution in [0.5, 0.6) is 0 Å². The first-order chi connectivity index (χ1) is 7.32. The summed E-state index contributed by atoms with van der Waals surface area (Å²) in [6.45, 7) is 1.92. The van der Waals surface area contributed by atoms with E-state index >= 15 is 0 Å². The van der Waals surface area contributed by atoms with Crippen LogP contribution in [0.25, 0.3) is 0 Å². The largest absolute Gasteiger partial charge is 0.481 e. The molecule has 3 nitrogen and oxygen atoms in total. The SMILES string of the molecule is C=C(F)C(F)(F)OC(F)(F)C(F)(F)CC(=O)O. The molecule has 0 unspecified atom stereocenters. The molecule has 0 aromatic heterocycles. The Morgan fingerprint density at radius 2 is 1.59 bits per heavy atom. The van der Waals surface area contributed by atoms with Crippen molar-refractivity contribution in [1.82, 2.24) is 0 Å². The molecule has 0 heterocycles. The molecule has 10 heteroatoms. The maximum Gasteiger partial charge on any atom is 0.424 e. The highest BCUT2D eigenvalue weighted by Gasteiger charge is 2.63. The van der Waals surface area contributed by atoms with Gasteiger partial charge in [-0.2, -0.15) is 26.3 Å². The lowest BCUT2D eigenvalue weighted by molar-refractivity contribution is -0.422. The Morgan fingerprint density at radius 1 is 1.18 bits per heavy atom. The van der Waals surface area contributed by atoms with E-state index in [9.17, 15) is 35.5 Å². The van der Waals surface area contributed by atoms with Crippen molar-refractivity contribution in [2.45, 2.75) is 24.6 Å². The molecule has 0 aliphatic heterocycles. The van der Waals surface area contributed by atoms with Gasteiger partial charge in [-0.1, -0.05) is 6.58 Å². The molecule has 0 aliphatic rings. The number of hydrogen-bond donors (Lipinski definition) is 1. The van der Waals surface area contributed by atoms with Crippen molar-refractivity contribution >= 4 is 5.97 Å². The predicted molar refractivity (Wildman–Crippen MR) is 38.4 cm³/mol. The quantitative estimate of drug-likeness (QED) is 0.755. The molecule has 0 radical (unpaired) electrons. The summed E-state index contributed by atoms with van der Waals surface area (Å²) < 4.78 is 88.7. The third kappa shape index (κ3) is 3.88. The molecule has 0 aliphatic carbocycles. The molecule has 0 bridgehead atoms. The van der Waals surface area contributed by atoms with Crippen molar-refractivity contribution in [2.75, 3.05) is 0 Å². The lowest BCUT2D eigenvalue weighted by Gasteiger charge is -2.27. The van der Waals surface area contributed by atoms with Crippen LogP contribution in [0, 0.1) is 0 Å². The molecule has 0 rings (SSSR count). The molecule has 0 aromatic rings. The van der Waals surface area contributed by atoms with Crippen LogP contribution < -0.4 is 0 Å². The number of alkyl halides is 6. The summed E-state index contributed by atoms with van der Waals surface area (Å²) in [5.41, 5.74) is 0. The molecule has 0 amide bonds. The number of rotatable bonds is 6. The number of carboxylic acids is 1. The van der Waals surface area contributed by atoms with E-state index in [1.165, 1.54) is 0 Å². The van der Waals surface area contributed by atoms with Crippen molar-refractivity contribution in [3.8, 4) is 0 Å². The van der Waals surface area contributed by atoms with E-state index in [0.717, 1.165) is 0 Å². The van der Waals surface area contributed by atoms with Gasteiger partial charge in [0.1, 0.15) is 6.42 Å². The maximum absolute atomic E-state index is 12.5. The Morgan fingerprint density at radius 3 is 1.88 bits per heavy atom. The third-order valence-corrected chi connectivity index (χ3v) is 1.37. The van der Waals surface area contributed by atoms with Crippen LogP contribution in [0.15, 0.2) is 12.4 Å². The van der Waals surface area contributed by atoms with E-state index in [0.29, 0.717) is 0 Å². The first-order valence-electron chi connectivity index (χ1n) is 3.72. The second-order valence-corrected chi connectivity index (χ2v) is 2.82. The van der Waals surface area contributed by atoms with Gasteiger partial charge in [-0.15, -0.1) is 0 Å². The van der Waals surface area contributed by atoms with Gasteiger partial charge in [0.2, 0.25) is 0 Å². The van der Waals surface area contributed by atoms with Crippen LogP contribution in [0.4, 0.5) is 30.7 Å². The molecule has 0 fully saturated rings. The molecule has 100 valence electrons. The highest BCUT2D eigenvalue weighted by atomic mass is 19.3. The minimum Gasteiger partial charge on any atom is -0.481 e. The summed E-state index contributed by atoms with van der Waals surface area (Å²) in [6, 6.07) is 0. The lowest BCUT2D eigenvalue weighted by atomic mass is 10.2. The van der Waals surface area contributed by atoms with Gasteiger partial charge in [-0.05, 0) is 0 Å². The van der Waals surface area contributed by atoms with Crippen LogP contribution in [0.2, 0.25) is 0 Å². The molecular formula is C7H5F7O3. The third-order valence-electron chi connectivity index (χ3n) is 1.37. The number of aliphatic carboxylic acids is 1. The fourth-order valence-electron chi connectivity index (χ4n) is 0.584. The standard InChI is InChI=1S/C7H5F7O3/c1-3(8)6(11,12)17-7(13,14)5(9,10)2-4(15)16/h1-2H2,(H,15,16). The Bertz CT molecular complexity index is 325. The van der Waals surface area contributed by atoms with Gasteiger partial charge in [-0.25, -0.2) is 9.13 Å². The van der Waals surface area contributed by atoms with Crippen LogP contribution in [-0.4, -0.2) is 29.2 Å². The van der Waals surface area contributed by atoms with Gasteiger partial charge in [0.05, 0.1) is 0 Å². The minimum atomic E-state index is -5.87. The fourth-order valence-corrected chi connectivity index (χ4v) is 0.584. The van der Waals surface area contributed by atoms with Crippen LogP contribution >= 0.6 is 0 Å². The number of ether oxygens (including phenoxy) is 1. The summed E-state index contributed by atoms with van der Waals surface area (Å²) in [6.07, 6.45) is -13.7. The zero-order valence-corrected chi connectivity index (χ0v) is 7.82. The highest BCUT2D eigenvalue weighted by molar-refractivity contribution is 5.68. The van der Waals surface area contributed by atoms with E-state index in [1.807, 2.05) is 6.58 Å². The van der Waals surface area contributed by atoms with Gasteiger partial charge in [0.25, 0.3) is 0 Å². The Kier molecular flexibility index (Phi) is 4.16. The Hall–Kier alpha value is -1.32. The molecule has 0 spiro atoms. The zero-order chi connectivity index (χ0) is 14.1. The van der Waals surface area contributed by atoms with E-state index in [1.54, 1.807) is 0 Å². The van der Waals surface area contributed by atoms with Gasteiger partial charge in [0.15, 0.2) is 5.83 Å². The van der Waals surface area contributed by atoms with Crippen molar-refractivity contribution in [3.63, 3.8) is 0 Å². The first kappa shape index (κ1) is 15.7. The Balaban J connectivity index is 5.01. The van der Waals surface area contributed by atoms with Crippen LogP contribution in [-0.2, 0) is 9.53 Å². The van der Waals surface area contributed by atoms with Gasteiger partial charge in [-0.3, -0.25) is 4.79 Å². The van der Waals surface area contributed by atoms with Crippen LogP contribution in [0.3, 0.4) is 0 Å². The van der Waals surface area contributed by atoms with Gasteiger partial charge < -0.3 is 5.11 Å². The molecule has 1 N–H and O–H groups in total. The summed E-state index contributed by atoms with van der Waals surface area (Å²) in [5, 5.41) is 7.87. The summed E-state index contributed by atoms with van der Waals surface area (Å²) in [4.78, 5) is 9.81. The average molecular weight is 270 g/mol. The smallest absolute Gasteiger partial charge is 0.424 e. The second kappa shape index (κ2) is 4.51. The van der Waals surface area contributed by atoms with E-state index in [2.05, 4.69) is 4.74 Å². The fraction of sp³-hybridized carbons (Fsp3) is 0.571. The van der Waals surface area contributed by atoms with Gasteiger partial charge in [0, 0.05) is 0 Å². The van der Waals surface area contributed by atoms with Crippen molar-refractivity contribution in [1.29, 1.82) is 0 Å². The predicted octanol–water partition coefficient (Wildman–Crippen LogP) is 2.78. The highest BCUT2D eigenvalue weighted by Crippen LogP contribution is 2.43. The maximum atomic E-state index is 12.5. The van der Waals surface area contributed by atoms with Crippen LogP contribution in [0.1, 0.15) is 6.42 Å². The topological polar surface area (TPSA) is 46.5 Å². The number of carboxylic acid groups (broad SMARTS) is 1. The van der Waals surface area contributed by atoms with Crippen molar-refractivity contribution in [3.05, 3.63) is 12.4 Å². The van der Waals surface area contributed by atoms with Crippen molar-refractivity contribution in [2.24, 2.45) is 0 Å². The average Bonchev–Trinajstić information content (AvgIpc) is 1.97. The number of hydrogen-bond acceptors (Lipinski definition) is 2. The molecule has 0 aromatic carbocycles. The second-order valence-electron chi connectivity index (χ2n) is 2.82.